The molecule has 0 saturated carbocycles. The van der Waals surface area contributed by atoms with Crippen molar-refractivity contribution in [2.75, 3.05) is 14.2 Å². The molecular weight excluding hydrogens is 326 g/mol. The van der Waals surface area contributed by atoms with Crippen LogP contribution in [0.15, 0.2) is 65.7 Å². The maximum Gasteiger partial charge on any atom is 0.191 e. The number of benzene rings is 2. The Morgan fingerprint density at radius 2 is 1.73 bits per heavy atom. The number of nitrogens with zero attached hydrogens (tertiary/aromatic N) is 1. The molecule has 5 heteroatoms. The Labute approximate surface area is 154 Å². The maximum absolute atomic E-state index is 5.90. The smallest absolute Gasteiger partial charge is 0.191 e. The number of para-hydroxylation sites is 2. The van der Waals surface area contributed by atoms with Gasteiger partial charge >= 0.3 is 0 Å². The van der Waals surface area contributed by atoms with Gasteiger partial charge in [-0.2, -0.15) is 0 Å². The third-order valence-electron chi connectivity index (χ3n) is 4.25. The van der Waals surface area contributed by atoms with E-state index >= 15 is 0 Å². The van der Waals surface area contributed by atoms with E-state index in [0.29, 0.717) is 18.3 Å². The summed E-state index contributed by atoms with van der Waals surface area (Å²) < 4.78 is 11.2. The van der Waals surface area contributed by atoms with E-state index in [2.05, 4.69) is 27.8 Å². The molecule has 2 N–H and O–H groups in total. The van der Waals surface area contributed by atoms with Gasteiger partial charge in [-0.1, -0.05) is 36.4 Å². The normalized spacial score (nSPS) is 14.3. The highest BCUT2D eigenvalue weighted by molar-refractivity contribution is 5.80. The summed E-state index contributed by atoms with van der Waals surface area (Å²) in [7, 11) is 3.43. The van der Waals surface area contributed by atoms with Crippen molar-refractivity contribution < 1.29 is 9.47 Å². The molecule has 3 rings (SSSR count). The van der Waals surface area contributed by atoms with Gasteiger partial charge in [0, 0.05) is 19.6 Å². The van der Waals surface area contributed by atoms with Crippen molar-refractivity contribution in [3.63, 3.8) is 0 Å². The Bertz CT molecular complexity index is 761. The van der Waals surface area contributed by atoms with Gasteiger partial charge in [0.2, 0.25) is 0 Å². The van der Waals surface area contributed by atoms with Gasteiger partial charge in [0.15, 0.2) is 17.5 Å². The van der Waals surface area contributed by atoms with Crippen molar-refractivity contribution in [1.29, 1.82) is 0 Å². The average molecular weight is 351 g/mol. The van der Waals surface area contributed by atoms with Crippen LogP contribution in [0.2, 0.25) is 0 Å². The molecule has 0 heterocycles. The summed E-state index contributed by atoms with van der Waals surface area (Å²) in [4.78, 5) is 4.29. The predicted molar refractivity (Wildman–Crippen MR) is 105 cm³/mol. The summed E-state index contributed by atoms with van der Waals surface area (Å²) in [6.07, 6.45) is 6.50. The number of guanidine groups is 1. The molecule has 0 fully saturated rings. The number of hydrogen-bond acceptors (Lipinski definition) is 3. The molecule has 2 aromatic carbocycles. The van der Waals surface area contributed by atoms with Crippen molar-refractivity contribution in [2.24, 2.45) is 4.99 Å². The summed E-state index contributed by atoms with van der Waals surface area (Å²) in [5, 5.41) is 6.78. The van der Waals surface area contributed by atoms with Gasteiger partial charge in [-0.15, -0.1) is 0 Å². The predicted octanol–water partition coefficient (Wildman–Crippen LogP) is 3.87. The van der Waals surface area contributed by atoms with Crippen LogP contribution in [0.1, 0.15) is 18.4 Å². The fourth-order valence-electron chi connectivity index (χ4n) is 2.81. The zero-order chi connectivity index (χ0) is 18.2. The number of methoxy groups -OCH3 is 1. The van der Waals surface area contributed by atoms with E-state index in [0.717, 1.165) is 35.9 Å². The van der Waals surface area contributed by atoms with Gasteiger partial charge in [-0.3, -0.25) is 4.99 Å². The van der Waals surface area contributed by atoms with Crippen molar-refractivity contribution >= 4 is 5.96 Å². The molecule has 0 spiro atoms. The van der Waals surface area contributed by atoms with E-state index in [1.165, 1.54) is 0 Å². The quantitative estimate of drug-likeness (QED) is 0.471. The lowest BCUT2D eigenvalue weighted by Crippen LogP contribution is -2.42. The maximum atomic E-state index is 5.90. The minimum atomic E-state index is 0.442. The van der Waals surface area contributed by atoms with E-state index in [9.17, 15) is 0 Å². The first kappa shape index (κ1) is 17.9. The summed E-state index contributed by atoms with van der Waals surface area (Å²) in [5.74, 6) is 3.02. The first-order chi connectivity index (χ1) is 12.8. The molecule has 0 saturated heterocycles. The van der Waals surface area contributed by atoms with Crippen LogP contribution in [0.4, 0.5) is 0 Å². The van der Waals surface area contributed by atoms with Crippen molar-refractivity contribution in [3.8, 4) is 17.2 Å². The highest BCUT2D eigenvalue weighted by atomic mass is 16.5. The Morgan fingerprint density at radius 1 is 1.04 bits per heavy atom. The Kier molecular flexibility index (Phi) is 6.14. The van der Waals surface area contributed by atoms with Crippen LogP contribution >= 0.6 is 0 Å². The van der Waals surface area contributed by atoms with Gasteiger partial charge in [0.1, 0.15) is 5.75 Å². The fourth-order valence-corrected chi connectivity index (χ4v) is 2.81. The van der Waals surface area contributed by atoms with Crippen LogP contribution < -0.4 is 20.1 Å². The molecule has 0 aromatic heterocycles. The largest absolute Gasteiger partial charge is 0.493 e. The van der Waals surface area contributed by atoms with Crippen LogP contribution in [-0.2, 0) is 6.54 Å². The third kappa shape index (κ3) is 4.79. The molecule has 0 radical (unpaired) electrons. The molecule has 0 unspecified atom stereocenters. The van der Waals surface area contributed by atoms with Gasteiger partial charge in [-0.25, -0.2) is 0 Å². The van der Waals surface area contributed by atoms with Crippen molar-refractivity contribution in [2.45, 2.75) is 25.4 Å². The lowest BCUT2D eigenvalue weighted by atomic mass is 10.2. The van der Waals surface area contributed by atoms with E-state index in [1.54, 1.807) is 14.2 Å². The van der Waals surface area contributed by atoms with E-state index in [1.807, 2.05) is 48.5 Å². The molecular formula is C21H25N3O2. The van der Waals surface area contributed by atoms with Crippen LogP contribution in [0, 0.1) is 0 Å². The number of aliphatic imine (C=N–C) groups is 1. The molecule has 0 amide bonds. The number of ether oxygens (including phenoxy) is 2. The number of nitrogens with one attached hydrogen (secondary N) is 2. The topological polar surface area (TPSA) is 54.9 Å². The monoisotopic (exact) mass is 351 g/mol. The average Bonchev–Trinajstić information content (AvgIpc) is 3.20. The molecule has 0 aliphatic heterocycles. The molecule has 1 aliphatic carbocycles. The fraction of sp³-hybridized carbons (Fsp3) is 0.286. The number of rotatable bonds is 6. The van der Waals surface area contributed by atoms with Gasteiger partial charge in [-0.05, 0) is 42.7 Å². The van der Waals surface area contributed by atoms with Crippen LogP contribution in [0.5, 0.6) is 17.2 Å². The second-order valence-corrected chi connectivity index (χ2v) is 6.11. The van der Waals surface area contributed by atoms with Gasteiger partial charge < -0.3 is 20.1 Å². The van der Waals surface area contributed by atoms with Gasteiger partial charge in [0.05, 0.1) is 7.11 Å². The summed E-state index contributed by atoms with van der Waals surface area (Å²) in [6.45, 7) is 0.703. The zero-order valence-corrected chi connectivity index (χ0v) is 15.2. The van der Waals surface area contributed by atoms with Crippen LogP contribution in [-0.4, -0.2) is 26.2 Å². The van der Waals surface area contributed by atoms with Gasteiger partial charge in [0.25, 0.3) is 0 Å². The molecule has 136 valence electrons. The molecule has 26 heavy (non-hydrogen) atoms. The summed E-state index contributed by atoms with van der Waals surface area (Å²) in [6, 6.07) is 16.1. The molecule has 0 atom stereocenters. The zero-order valence-electron chi connectivity index (χ0n) is 15.2. The van der Waals surface area contributed by atoms with E-state index < -0.39 is 0 Å². The second kappa shape index (κ2) is 8.94. The lowest BCUT2D eigenvalue weighted by Gasteiger charge is -2.17. The second-order valence-electron chi connectivity index (χ2n) is 6.11. The number of hydrogen-bond donors (Lipinski definition) is 2. The molecule has 1 aliphatic rings. The third-order valence-corrected chi connectivity index (χ3v) is 4.25. The minimum Gasteiger partial charge on any atom is -0.493 e. The van der Waals surface area contributed by atoms with Crippen molar-refractivity contribution in [1.82, 2.24) is 10.6 Å². The summed E-state index contributed by atoms with van der Waals surface area (Å²) >= 11 is 0. The van der Waals surface area contributed by atoms with E-state index in [4.69, 9.17) is 9.47 Å². The van der Waals surface area contributed by atoms with E-state index in [-0.39, 0.29) is 0 Å². The van der Waals surface area contributed by atoms with Crippen LogP contribution in [0.3, 0.4) is 0 Å². The summed E-state index contributed by atoms with van der Waals surface area (Å²) in [5.41, 5.74) is 1.16. The Hall–Kier alpha value is -2.95. The minimum absolute atomic E-state index is 0.442. The highest BCUT2D eigenvalue weighted by Gasteiger charge is 2.11. The molecule has 2 aromatic rings. The SMILES string of the molecule is CN=C(NCc1ccc(Oc2ccccc2OC)cc1)NC1CC=CC1. The standard InChI is InChI=1S/C21H25N3O2/c1-22-21(24-17-7-3-4-8-17)23-15-16-11-13-18(14-12-16)26-20-10-6-5-9-19(20)25-2/h3-6,9-14,17H,7-8,15H2,1-2H3,(H2,22,23,24). The Balaban J connectivity index is 1.54. The molecule has 0 bridgehead atoms. The Morgan fingerprint density at radius 3 is 2.38 bits per heavy atom. The van der Waals surface area contributed by atoms with Crippen molar-refractivity contribution in [3.05, 3.63) is 66.2 Å². The first-order valence-electron chi connectivity index (χ1n) is 8.80. The van der Waals surface area contributed by atoms with Crippen LogP contribution in [0.25, 0.3) is 0 Å². The first-order valence-corrected chi connectivity index (χ1v) is 8.80. The highest BCUT2D eigenvalue weighted by Crippen LogP contribution is 2.30. The lowest BCUT2D eigenvalue weighted by molar-refractivity contribution is 0.379. The molecule has 5 nitrogen and oxygen atoms in total.